The lowest BCUT2D eigenvalue weighted by Gasteiger charge is -2.04. The molecule has 0 aromatic carbocycles. The molecule has 0 atom stereocenters. The smallest absolute Gasteiger partial charge is 0.150 e. The molecule has 0 unspecified atom stereocenters. The molecule has 0 amide bonds. The third kappa shape index (κ3) is 12.7. The predicted octanol–water partition coefficient (Wildman–Crippen LogP) is 4.56. The van der Waals surface area contributed by atoms with Crippen molar-refractivity contribution < 1.29 is 8.42 Å². The summed E-state index contributed by atoms with van der Waals surface area (Å²) in [7, 11) is -2.81. The number of unbranched alkanes of at least 4 members (excludes halogenated alkanes) is 8. The van der Waals surface area contributed by atoms with Crippen LogP contribution in [0, 0.1) is 0 Å². The first-order valence-corrected chi connectivity index (χ1v) is 9.74. The summed E-state index contributed by atoms with van der Waals surface area (Å²) in [6, 6.07) is 0. The van der Waals surface area contributed by atoms with E-state index in [9.17, 15) is 8.42 Å². The molecule has 0 aliphatic carbocycles. The van der Waals surface area contributed by atoms with Crippen LogP contribution in [0.5, 0.6) is 0 Å². The van der Waals surface area contributed by atoms with E-state index in [4.69, 9.17) is 11.6 Å². The monoisotopic (exact) mass is 296 g/mol. The van der Waals surface area contributed by atoms with Crippen LogP contribution in [0.2, 0.25) is 0 Å². The zero-order chi connectivity index (χ0) is 13.7. The minimum Gasteiger partial charge on any atom is -0.229 e. The molecular formula is C14H29ClO2S. The normalized spacial score (nSPS) is 11.9. The van der Waals surface area contributed by atoms with Crippen molar-refractivity contribution in [3.05, 3.63) is 0 Å². The van der Waals surface area contributed by atoms with E-state index < -0.39 is 9.84 Å². The van der Waals surface area contributed by atoms with Gasteiger partial charge in [-0.25, -0.2) is 8.42 Å². The van der Waals surface area contributed by atoms with Gasteiger partial charge in [-0.05, 0) is 19.3 Å². The van der Waals surface area contributed by atoms with Crippen molar-refractivity contribution in [2.75, 3.05) is 17.4 Å². The lowest BCUT2D eigenvalue weighted by Crippen LogP contribution is -2.11. The Kier molecular flexibility index (Phi) is 12.4. The summed E-state index contributed by atoms with van der Waals surface area (Å²) < 4.78 is 23.3. The molecule has 110 valence electrons. The van der Waals surface area contributed by atoms with Crippen molar-refractivity contribution in [3.63, 3.8) is 0 Å². The molecule has 0 aliphatic rings. The largest absolute Gasteiger partial charge is 0.229 e. The van der Waals surface area contributed by atoms with E-state index in [1.54, 1.807) is 0 Å². The lowest BCUT2D eigenvalue weighted by molar-refractivity contribution is 0.571. The maximum Gasteiger partial charge on any atom is 0.150 e. The molecule has 0 rings (SSSR count). The number of hydrogen-bond donors (Lipinski definition) is 0. The van der Waals surface area contributed by atoms with Gasteiger partial charge in [0.1, 0.15) is 9.84 Å². The molecule has 0 aliphatic heterocycles. The molecule has 0 bridgehead atoms. The summed E-state index contributed by atoms with van der Waals surface area (Å²) in [5, 5.41) is 0. The SMILES string of the molecule is CCCCCCCCCCS(=O)(=O)CCCCCl. The molecule has 0 radical (unpaired) electrons. The Morgan fingerprint density at radius 1 is 0.722 bits per heavy atom. The minimum absolute atomic E-state index is 0.316. The van der Waals surface area contributed by atoms with Crippen LogP contribution in [0.1, 0.15) is 71.1 Å². The third-order valence-electron chi connectivity index (χ3n) is 3.15. The van der Waals surface area contributed by atoms with E-state index in [0.29, 0.717) is 23.8 Å². The van der Waals surface area contributed by atoms with Gasteiger partial charge >= 0.3 is 0 Å². The van der Waals surface area contributed by atoms with Crippen LogP contribution < -0.4 is 0 Å². The fourth-order valence-corrected chi connectivity index (χ4v) is 3.66. The number of sulfone groups is 1. The van der Waals surface area contributed by atoms with Crippen LogP contribution in [0.3, 0.4) is 0 Å². The topological polar surface area (TPSA) is 34.1 Å². The average Bonchev–Trinajstić information content (AvgIpc) is 2.33. The summed E-state index contributed by atoms with van der Waals surface area (Å²) in [5.41, 5.74) is 0. The molecule has 0 saturated heterocycles. The maximum absolute atomic E-state index is 11.6. The van der Waals surface area contributed by atoms with Gasteiger partial charge in [-0.1, -0.05) is 51.9 Å². The van der Waals surface area contributed by atoms with E-state index in [2.05, 4.69) is 6.92 Å². The Labute approximate surface area is 118 Å². The summed E-state index contributed by atoms with van der Waals surface area (Å²) in [6.07, 6.45) is 11.1. The van der Waals surface area contributed by atoms with E-state index in [1.165, 1.54) is 38.5 Å². The summed E-state index contributed by atoms with van der Waals surface area (Å²) in [5.74, 6) is 1.24. The summed E-state index contributed by atoms with van der Waals surface area (Å²) in [6.45, 7) is 2.22. The molecule has 4 heteroatoms. The number of halogens is 1. The summed E-state index contributed by atoms with van der Waals surface area (Å²) in [4.78, 5) is 0. The highest BCUT2D eigenvalue weighted by Crippen LogP contribution is 2.10. The fraction of sp³-hybridized carbons (Fsp3) is 1.00. The van der Waals surface area contributed by atoms with Crippen molar-refractivity contribution in [1.29, 1.82) is 0 Å². The molecule has 0 fully saturated rings. The summed E-state index contributed by atoms with van der Waals surface area (Å²) >= 11 is 5.53. The number of rotatable bonds is 13. The van der Waals surface area contributed by atoms with Gasteiger partial charge in [0.05, 0.1) is 11.5 Å². The zero-order valence-electron chi connectivity index (χ0n) is 11.8. The highest BCUT2D eigenvalue weighted by Gasteiger charge is 2.09. The fourth-order valence-electron chi connectivity index (χ4n) is 1.97. The van der Waals surface area contributed by atoms with Gasteiger partial charge in [-0.15, -0.1) is 11.6 Å². The average molecular weight is 297 g/mol. The van der Waals surface area contributed by atoms with Crippen LogP contribution >= 0.6 is 11.6 Å². The van der Waals surface area contributed by atoms with Gasteiger partial charge in [0.2, 0.25) is 0 Å². The van der Waals surface area contributed by atoms with Gasteiger partial charge in [0.15, 0.2) is 0 Å². The van der Waals surface area contributed by atoms with Crippen LogP contribution in [0.25, 0.3) is 0 Å². The number of alkyl halides is 1. The molecule has 18 heavy (non-hydrogen) atoms. The van der Waals surface area contributed by atoms with Gasteiger partial charge in [0, 0.05) is 5.88 Å². The predicted molar refractivity (Wildman–Crippen MR) is 81.2 cm³/mol. The van der Waals surface area contributed by atoms with Crippen LogP contribution in [-0.4, -0.2) is 25.8 Å². The molecular weight excluding hydrogens is 268 g/mol. The highest BCUT2D eigenvalue weighted by molar-refractivity contribution is 7.91. The Morgan fingerprint density at radius 3 is 1.67 bits per heavy atom. The van der Waals surface area contributed by atoms with Crippen molar-refractivity contribution in [1.82, 2.24) is 0 Å². The molecule has 0 heterocycles. The van der Waals surface area contributed by atoms with E-state index in [0.717, 1.165) is 19.3 Å². The first-order valence-electron chi connectivity index (χ1n) is 7.39. The minimum atomic E-state index is -2.81. The molecule has 0 aromatic heterocycles. The van der Waals surface area contributed by atoms with E-state index >= 15 is 0 Å². The zero-order valence-corrected chi connectivity index (χ0v) is 13.4. The highest BCUT2D eigenvalue weighted by atomic mass is 35.5. The Morgan fingerprint density at radius 2 is 1.17 bits per heavy atom. The second kappa shape index (κ2) is 12.3. The Bertz CT molecular complexity index is 263. The molecule has 0 aromatic rings. The van der Waals surface area contributed by atoms with Crippen molar-refractivity contribution in [2.24, 2.45) is 0 Å². The van der Waals surface area contributed by atoms with Crippen LogP contribution in [0.4, 0.5) is 0 Å². The molecule has 0 N–H and O–H groups in total. The maximum atomic E-state index is 11.6. The van der Waals surface area contributed by atoms with E-state index in [-0.39, 0.29) is 0 Å². The first-order chi connectivity index (χ1) is 8.62. The third-order valence-corrected chi connectivity index (χ3v) is 5.24. The molecule has 0 saturated carbocycles. The molecule has 0 spiro atoms. The van der Waals surface area contributed by atoms with Crippen LogP contribution in [0.15, 0.2) is 0 Å². The number of hydrogen-bond acceptors (Lipinski definition) is 2. The molecule has 2 nitrogen and oxygen atoms in total. The van der Waals surface area contributed by atoms with Crippen molar-refractivity contribution >= 4 is 21.4 Å². The first kappa shape index (κ1) is 18.2. The van der Waals surface area contributed by atoms with Gasteiger partial charge in [-0.2, -0.15) is 0 Å². The second-order valence-electron chi connectivity index (χ2n) is 5.02. The lowest BCUT2D eigenvalue weighted by atomic mass is 10.1. The van der Waals surface area contributed by atoms with Crippen LogP contribution in [-0.2, 0) is 9.84 Å². The Balaban J connectivity index is 3.36. The standard InChI is InChI=1S/C14H29ClO2S/c1-2-3-4-5-6-7-8-10-13-18(16,17)14-11-9-12-15/h2-14H2,1H3. The van der Waals surface area contributed by atoms with Gasteiger partial charge in [-0.3, -0.25) is 0 Å². The van der Waals surface area contributed by atoms with Gasteiger partial charge < -0.3 is 0 Å². The van der Waals surface area contributed by atoms with E-state index in [1.807, 2.05) is 0 Å². The quantitative estimate of drug-likeness (QED) is 0.369. The van der Waals surface area contributed by atoms with Gasteiger partial charge in [0.25, 0.3) is 0 Å². The second-order valence-corrected chi connectivity index (χ2v) is 7.70. The Hall–Kier alpha value is 0.240. The van der Waals surface area contributed by atoms with Crippen molar-refractivity contribution in [2.45, 2.75) is 71.1 Å². The van der Waals surface area contributed by atoms with Crippen molar-refractivity contribution in [3.8, 4) is 0 Å².